The van der Waals surface area contributed by atoms with Crippen molar-refractivity contribution in [2.24, 2.45) is 0 Å². The Kier molecular flexibility index (Phi) is 1.87. The molecule has 0 aliphatic carbocycles. The van der Waals surface area contributed by atoms with E-state index in [-0.39, 0.29) is 0 Å². The normalized spacial score (nSPS) is 24.6. The van der Waals surface area contributed by atoms with E-state index in [1.807, 2.05) is 0 Å². The monoisotopic (exact) mass is 111 g/mol. The van der Waals surface area contributed by atoms with Gasteiger partial charge in [-0.3, -0.25) is 0 Å². The summed E-state index contributed by atoms with van der Waals surface area (Å²) in [7, 11) is 0. The molecule has 8 heavy (non-hydrogen) atoms. The van der Waals surface area contributed by atoms with Crippen LogP contribution in [-0.2, 0) is 4.74 Å². The van der Waals surface area contributed by atoms with Crippen molar-refractivity contribution in [1.29, 1.82) is 5.26 Å². The maximum absolute atomic E-state index is 8.11. The maximum atomic E-state index is 8.11. The van der Waals surface area contributed by atoms with Crippen LogP contribution >= 0.6 is 0 Å². The van der Waals surface area contributed by atoms with Crippen LogP contribution in [0.3, 0.4) is 0 Å². The van der Waals surface area contributed by atoms with Crippen LogP contribution in [0.2, 0.25) is 0 Å². The molecule has 0 saturated carbocycles. The summed E-state index contributed by atoms with van der Waals surface area (Å²) < 4.78 is 4.95. The van der Waals surface area contributed by atoms with E-state index < -0.39 is 0 Å². The zero-order valence-electron chi connectivity index (χ0n) is 4.76. The molecule has 1 unspecified atom stereocenters. The minimum absolute atomic E-state index is 0.503. The fourth-order valence-electron chi connectivity index (χ4n) is 0.643. The standard InChI is InChI=1S/C6H9NO/c7-4-2-1-3-6-5-8-6/h6H,1-3,5H2. The minimum Gasteiger partial charge on any atom is -0.373 e. The van der Waals surface area contributed by atoms with E-state index in [1.165, 1.54) is 0 Å². The predicted molar refractivity (Wildman–Crippen MR) is 29.2 cm³/mol. The molecule has 1 fully saturated rings. The van der Waals surface area contributed by atoms with Crippen LogP contribution in [-0.4, -0.2) is 12.7 Å². The van der Waals surface area contributed by atoms with Gasteiger partial charge >= 0.3 is 0 Å². The Morgan fingerprint density at radius 1 is 1.75 bits per heavy atom. The average Bonchev–Trinajstić information content (AvgIpc) is 2.51. The zero-order chi connectivity index (χ0) is 5.82. The lowest BCUT2D eigenvalue weighted by Crippen LogP contribution is -1.82. The Bertz CT molecular complexity index is 102. The molecule has 1 aliphatic rings. The lowest BCUT2D eigenvalue weighted by molar-refractivity contribution is 0.393. The number of hydrogen-bond donors (Lipinski definition) is 0. The molecular formula is C6H9NO. The summed E-state index contributed by atoms with van der Waals surface area (Å²) in [5.74, 6) is 0. The van der Waals surface area contributed by atoms with Crippen molar-refractivity contribution in [3.8, 4) is 6.07 Å². The minimum atomic E-state index is 0.503. The number of epoxide rings is 1. The summed E-state index contributed by atoms with van der Waals surface area (Å²) in [5, 5.41) is 8.11. The Balaban J connectivity index is 1.83. The van der Waals surface area contributed by atoms with Gasteiger partial charge in [0.15, 0.2) is 0 Å². The van der Waals surface area contributed by atoms with Gasteiger partial charge in [0.25, 0.3) is 0 Å². The Hall–Kier alpha value is -0.550. The molecule has 1 aliphatic heterocycles. The van der Waals surface area contributed by atoms with Gasteiger partial charge in [-0.15, -0.1) is 0 Å². The molecular weight excluding hydrogens is 102 g/mol. The van der Waals surface area contributed by atoms with Crippen molar-refractivity contribution in [1.82, 2.24) is 0 Å². The molecule has 44 valence electrons. The van der Waals surface area contributed by atoms with Gasteiger partial charge in [-0.2, -0.15) is 5.26 Å². The predicted octanol–water partition coefficient (Wildman–Crippen LogP) is 1.08. The fraction of sp³-hybridized carbons (Fsp3) is 0.833. The molecule has 1 rings (SSSR count). The van der Waals surface area contributed by atoms with Crippen molar-refractivity contribution in [2.75, 3.05) is 6.61 Å². The van der Waals surface area contributed by atoms with E-state index in [4.69, 9.17) is 10.00 Å². The van der Waals surface area contributed by atoms with Gasteiger partial charge in [0.2, 0.25) is 0 Å². The average molecular weight is 111 g/mol. The third-order valence-corrected chi connectivity index (χ3v) is 1.22. The van der Waals surface area contributed by atoms with Crippen LogP contribution in [0, 0.1) is 11.3 Å². The lowest BCUT2D eigenvalue weighted by atomic mass is 10.2. The summed E-state index contributed by atoms with van der Waals surface area (Å²) in [5.41, 5.74) is 0. The van der Waals surface area contributed by atoms with E-state index in [1.54, 1.807) is 0 Å². The van der Waals surface area contributed by atoms with E-state index >= 15 is 0 Å². The number of nitrogens with zero attached hydrogens (tertiary/aromatic N) is 1. The molecule has 0 bridgehead atoms. The van der Waals surface area contributed by atoms with Gasteiger partial charge in [0.05, 0.1) is 18.8 Å². The second-order valence-electron chi connectivity index (χ2n) is 2.01. The maximum Gasteiger partial charge on any atom is 0.0810 e. The fourth-order valence-corrected chi connectivity index (χ4v) is 0.643. The molecule has 0 aromatic rings. The first-order valence-electron chi connectivity index (χ1n) is 2.92. The van der Waals surface area contributed by atoms with Gasteiger partial charge in [-0.25, -0.2) is 0 Å². The Morgan fingerprint density at radius 2 is 2.50 bits per heavy atom. The van der Waals surface area contributed by atoms with E-state index in [9.17, 15) is 0 Å². The highest BCUT2D eigenvalue weighted by atomic mass is 16.6. The van der Waals surface area contributed by atoms with Gasteiger partial charge in [0, 0.05) is 6.42 Å². The Labute approximate surface area is 49.1 Å². The smallest absolute Gasteiger partial charge is 0.0810 e. The van der Waals surface area contributed by atoms with Crippen molar-refractivity contribution in [3.05, 3.63) is 0 Å². The number of hydrogen-bond acceptors (Lipinski definition) is 2. The third-order valence-electron chi connectivity index (χ3n) is 1.22. The highest BCUT2D eigenvalue weighted by Gasteiger charge is 2.20. The van der Waals surface area contributed by atoms with Crippen LogP contribution < -0.4 is 0 Å². The first kappa shape index (κ1) is 5.58. The van der Waals surface area contributed by atoms with Crippen molar-refractivity contribution >= 4 is 0 Å². The van der Waals surface area contributed by atoms with Crippen LogP contribution in [0.25, 0.3) is 0 Å². The molecule has 0 amide bonds. The number of nitriles is 1. The van der Waals surface area contributed by atoms with Gasteiger partial charge < -0.3 is 4.74 Å². The van der Waals surface area contributed by atoms with Crippen LogP contribution in [0.15, 0.2) is 0 Å². The van der Waals surface area contributed by atoms with Crippen LogP contribution in [0.4, 0.5) is 0 Å². The quantitative estimate of drug-likeness (QED) is 0.403. The number of ether oxygens (including phenoxy) is 1. The summed E-state index contributed by atoms with van der Waals surface area (Å²) >= 11 is 0. The van der Waals surface area contributed by atoms with Gasteiger partial charge in [0.1, 0.15) is 0 Å². The molecule has 1 heterocycles. The van der Waals surface area contributed by atoms with E-state index in [0.29, 0.717) is 12.5 Å². The van der Waals surface area contributed by atoms with E-state index in [2.05, 4.69) is 6.07 Å². The largest absolute Gasteiger partial charge is 0.373 e. The first-order valence-corrected chi connectivity index (χ1v) is 2.92. The SMILES string of the molecule is N#CCCCC1CO1. The summed E-state index contributed by atoms with van der Waals surface area (Å²) in [4.78, 5) is 0. The first-order chi connectivity index (χ1) is 3.93. The Morgan fingerprint density at radius 3 is 3.00 bits per heavy atom. The molecule has 0 radical (unpaired) electrons. The summed E-state index contributed by atoms with van der Waals surface area (Å²) in [6, 6.07) is 2.10. The van der Waals surface area contributed by atoms with Crippen molar-refractivity contribution < 1.29 is 4.74 Å². The molecule has 1 saturated heterocycles. The second-order valence-corrected chi connectivity index (χ2v) is 2.01. The van der Waals surface area contributed by atoms with Crippen LogP contribution in [0.1, 0.15) is 19.3 Å². The lowest BCUT2D eigenvalue weighted by Gasteiger charge is -1.85. The third kappa shape index (κ3) is 1.94. The van der Waals surface area contributed by atoms with E-state index in [0.717, 1.165) is 19.4 Å². The molecule has 0 aromatic carbocycles. The van der Waals surface area contributed by atoms with Gasteiger partial charge in [-0.1, -0.05) is 0 Å². The van der Waals surface area contributed by atoms with Crippen LogP contribution in [0.5, 0.6) is 0 Å². The second kappa shape index (κ2) is 2.68. The molecule has 1 atom stereocenters. The molecule has 0 N–H and O–H groups in total. The zero-order valence-corrected chi connectivity index (χ0v) is 4.76. The van der Waals surface area contributed by atoms with Crippen molar-refractivity contribution in [2.45, 2.75) is 25.4 Å². The molecule has 0 spiro atoms. The topological polar surface area (TPSA) is 36.3 Å². The summed E-state index contributed by atoms with van der Waals surface area (Å²) in [6.45, 7) is 0.922. The summed E-state index contributed by atoms with van der Waals surface area (Å²) in [6.07, 6.45) is 3.26. The number of rotatable bonds is 3. The number of unbranched alkanes of at least 4 members (excludes halogenated alkanes) is 1. The van der Waals surface area contributed by atoms with Crippen molar-refractivity contribution in [3.63, 3.8) is 0 Å². The molecule has 2 heteroatoms. The molecule has 0 aromatic heterocycles. The highest BCUT2D eigenvalue weighted by molar-refractivity contribution is 4.74. The van der Waals surface area contributed by atoms with Gasteiger partial charge in [-0.05, 0) is 12.8 Å². The highest BCUT2D eigenvalue weighted by Crippen LogP contribution is 2.15. The molecule has 2 nitrogen and oxygen atoms in total.